The lowest BCUT2D eigenvalue weighted by Gasteiger charge is -2.33. The highest BCUT2D eigenvalue weighted by atomic mass is 35.5. The van der Waals surface area contributed by atoms with Crippen LogP contribution < -0.4 is 5.32 Å². The zero-order chi connectivity index (χ0) is 14.7. The zero-order valence-electron chi connectivity index (χ0n) is 12.4. The third-order valence-corrected chi connectivity index (χ3v) is 4.10. The fourth-order valence-corrected chi connectivity index (χ4v) is 3.20. The monoisotopic (exact) mass is 298 g/mol. The lowest BCUT2D eigenvalue weighted by molar-refractivity contribution is 0.0889. The molecular formula is C14H23ClN4O. The summed E-state index contributed by atoms with van der Waals surface area (Å²) in [6.07, 6.45) is 6.27. The normalized spacial score (nSPS) is 23.1. The average Bonchev–Trinajstić information content (AvgIpc) is 2.70. The number of hydrogen-bond donors (Lipinski definition) is 1. The van der Waals surface area contributed by atoms with Crippen molar-refractivity contribution >= 4 is 17.5 Å². The molecule has 0 aromatic carbocycles. The molecule has 1 aromatic rings. The maximum absolute atomic E-state index is 12.3. The predicted molar refractivity (Wildman–Crippen MR) is 80.0 cm³/mol. The molecule has 6 heteroatoms. The molecule has 1 heterocycles. The highest BCUT2D eigenvalue weighted by Crippen LogP contribution is 2.25. The Labute approximate surface area is 125 Å². The van der Waals surface area contributed by atoms with E-state index in [0.717, 1.165) is 13.0 Å². The van der Waals surface area contributed by atoms with Gasteiger partial charge in [-0.1, -0.05) is 24.4 Å². The summed E-state index contributed by atoms with van der Waals surface area (Å²) in [6, 6.07) is 0.219. The van der Waals surface area contributed by atoms with Crippen LogP contribution in [-0.2, 0) is 7.05 Å². The van der Waals surface area contributed by atoms with Gasteiger partial charge < -0.3 is 10.2 Å². The van der Waals surface area contributed by atoms with E-state index in [2.05, 4.69) is 29.4 Å². The molecule has 1 N–H and O–H groups in total. The van der Waals surface area contributed by atoms with E-state index < -0.39 is 0 Å². The van der Waals surface area contributed by atoms with E-state index in [1.54, 1.807) is 17.9 Å². The van der Waals surface area contributed by atoms with Gasteiger partial charge in [-0.2, -0.15) is 5.10 Å². The van der Waals surface area contributed by atoms with Crippen molar-refractivity contribution < 1.29 is 4.79 Å². The van der Waals surface area contributed by atoms with E-state index in [-0.39, 0.29) is 11.9 Å². The number of rotatable bonds is 4. The molecule has 2 atom stereocenters. The predicted octanol–water partition coefficient (Wildman–Crippen LogP) is 1.92. The van der Waals surface area contributed by atoms with Crippen molar-refractivity contribution in [2.45, 2.75) is 31.7 Å². The third kappa shape index (κ3) is 3.73. The van der Waals surface area contributed by atoms with Gasteiger partial charge in [-0.15, -0.1) is 0 Å². The van der Waals surface area contributed by atoms with Gasteiger partial charge in [-0.3, -0.25) is 9.48 Å². The fourth-order valence-electron chi connectivity index (χ4n) is 2.94. The summed E-state index contributed by atoms with van der Waals surface area (Å²) >= 11 is 6.03. The quantitative estimate of drug-likeness (QED) is 0.924. The number of hydrogen-bond acceptors (Lipinski definition) is 3. The fraction of sp³-hybridized carbons (Fsp3) is 0.714. The number of halogens is 1. The van der Waals surface area contributed by atoms with Gasteiger partial charge in [0.05, 0.1) is 5.02 Å². The number of aryl methyl sites for hydroxylation is 1. The first-order chi connectivity index (χ1) is 9.47. The number of amides is 1. The van der Waals surface area contributed by atoms with Gasteiger partial charge in [0.25, 0.3) is 5.91 Å². The third-order valence-electron chi connectivity index (χ3n) is 3.82. The molecule has 112 valence electrons. The number of nitrogens with zero attached hydrogens (tertiary/aromatic N) is 3. The summed E-state index contributed by atoms with van der Waals surface area (Å²) in [5.41, 5.74) is 0.323. The topological polar surface area (TPSA) is 50.2 Å². The molecule has 0 spiro atoms. The summed E-state index contributed by atoms with van der Waals surface area (Å²) in [4.78, 5) is 14.5. The Balaban J connectivity index is 2.03. The van der Waals surface area contributed by atoms with E-state index in [1.807, 2.05) is 0 Å². The van der Waals surface area contributed by atoms with Crippen molar-refractivity contribution in [3.8, 4) is 0 Å². The molecule has 20 heavy (non-hydrogen) atoms. The van der Waals surface area contributed by atoms with Crippen molar-refractivity contribution in [3.05, 3.63) is 16.9 Å². The maximum atomic E-state index is 12.3. The molecule has 1 aliphatic carbocycles. The van der Waals surface area contributed by atoms with Crippen LogP contribution >= 0.6 is 11.6 Å². The van der Waals surface area contributed by atoms with Gasteiger partial charge >= 0.3 is 0 Å². The molecule has 1 fully saturated rings. The van der Waals surface area contributed by atoms with Crippen molar-refractivity contribution in [2.24, 2.45) is 13.0 Å². The number of nitrogens with one attached hydrogen (secondary N) is 1. The number of carbonyl (C=O) groups excluding carboxylic acids is 1. The minimum absolute atomic E-state index is 0.161. The van der Waals surface area contributed by atoms with Crippen LogP contribution in [0.15, 0.2) is 6.20 Å². The summed E-state index contributed by atoms with van der Waals surface area (Å²) in [7, 11) is 5.91. The average molecular weight is 299 g/mol. The van der Waals surface area contributed by atoms with E-state index in [1.165, 1.54) is 19.3 Å². The minimum Gasteiger partial charge on any atom is -0.348 e. The zero-order valence-corrected chi connectivity index (χ0v) is 13.2. The van der Waals surface area contributed by atoms with Crippen LogP contribution in [0.2, 0.25) is 5.02 Å². The van der Waals surface area contributed by atoms with Gasteiger partial charge in [-0.05, 0) is 32.9 Å². The number of carbonyl (C=O) groups is 1. The smallest absolute Gasteiger partial charge is 0.273 e. The molecule has 0 aliphatic heterocycles. The van der Waals surface area contributed by atoms with Gasteiger partial charge in [0, 0.05) is 25.8 Å². The molecule has 0 saturated heterocycles. The molecule has 2 rings (SSSR count). The second-order valence-corrected chi connectivity index (χ2v) is 6.29. The minimum atomic E-state index is -0.161. The Morgan fingerprint density at radius 3 is 2.80 bits per heavy atom. The molecular weight excluding hydrogens is 276 g/mol. The molecule has 2 unspecified atom stereocenters. The Morgan fingerprint density at radius 1 is 1.50 bits per heavy atom. The highest BCUT2D eigenvalue weighted by Gasteiger charge is 2.28. The van der Waals surface area contributed by atoms with Crippen LogP contribution in [0.1, 0.15) is 36.2 Å². The molecule has 1 amide bonds. The standard InChI is InChI=1S/C14H23ClN4O/c1-18(2)8-10-6-4-5-7-12(10)16-14(20)13-11(15)9-19(3)17-13/h9-10,12H,4-8H2,1-3H3,(H,16,20). The second kappa shape index (κ2) is 6.59. The molecule has 5 nitrogen and oxygen atoms in total. The Bertz CT molecular complexity index is 472. The molecule has 1 aromatic heterocycles. The van der Waals surface area contributed by atoms with Gasteiger partial charge in [0.2, 0.25) is 0 Å². The van der Waals surface area contributed by atoms with Crippen LogP contribution in [0, 0.1) is 5.92 Å². The van der Waals surface area contributed by atoms with Crippen LogP contribution in [-0.4, -0.2) is 47.3 Å². The second-order valence-electron chi connectivity index (χ2n) is 5.89. The van der Waals surface area contributed by atoms with E-state index in [0.29, 0.717) is 16.6 Å². The Hall–Kier alpha value is -1.07. The van der Waals surface area contributed by atoms with Crippen molar-refractivity contribution in [1.82, 2.24) is 20.0 Å². The maximum Gasteiger partial charge on any atom is 0.273 e. The first kappa shape index (κ1) is 15.3. The first-order valence-corrected chi connectivity index (χ1v) is 7.50. The van der Waals surface area contributed by atoms with E-state index >= 15 is 0 Å². The number of aromatic nitrogens is 2. The first-order valence-electron chi connectivity index (χ1n) is 7.12. The highest BCUT2D eigenvalue weighted by molar-refractivity contribution is 6.33. The van der Waals surface area contributed by atoms with Gasteiger partial charge in [-0.25, -0.2) is 0 Å². The van der Waals surface area contributed by atoms with Crippen molar-refractivity contribution in [2.75, 3.05) is 20.6 Å². The van der Waals surface area contributed by atoms with E-state index in [9.17, 15) is 4.79 Å². The summed E-state index contributed by atoms with van der Waals surface area (Å²) < 4.78 is 1.56. The largest absolute Gasteiger partial charge is 0.348 e. The molecule has 0 radical (unpaired) electrons. The van der Waals surface area contributed by atoms with Gasteiger partial charge in [0.1, 0.15) is 0 Å². The summed E-state index contributed by atoms with van der Waals surface area (Å²) in [5, 5.41) is 7.65. The Morgan fingerprint density at radius 2 is 2.20 bits per heavy atom. The lowest BCUT2D eigenvalue weighted by atomic mass is 9.84. The molecule has 1 aliphatic rings. The van der Waals surface area contributed by atoms with Crippen molar-refractivity contribution in [3.63, 3.8) is 0 Å². The van der Waals surface area contributed by atoms with E-state index in [4.69, 9.17) is 11.6 Å². The molecule has 0 bridgehead atoms. The van der Waals surface area contributed by atoms with Crippen LogP contribution in [0.4, 0.5) is 0 Å². The van der Waals surface area contributed by atoms with Crippen molar-refractivity contribution in [1.29, 1.82) is 0 Å². The lowest BCUT2D eigenvalue weighted by Crippen LogP contribution is -2.45. The molecule has 1 saturated carbocycles. The van der Waals surface area contributed by atoms with Gasteiger partial charge in [0.15, 0.2) is 5.69 Å². The van der Waals surface area contributed by atoms with Crippen LogP contribution in [0.3, 0.4) is 0 Å². The summed E-state index contributed by atoms with van der Waals surface area (Å²) in [6.45, 7) is 1.00. The Kier molecular flexibility index (Phi) is 5.05. The van der Waals surface area contributed by atoms with Crippen LogP contribution in [0.25, 0.3) is 0 Å². The SMILES string of the molecule is CN(C)CC1CCCCC1NC(=O)c1nn(C)cc1Cl. The van der Waals surface area contributed by atoms with Crippen LogP contribution in [0.5, 0.6) is 0 Å². The summed E-state index contributed by atoms with van der Waals surface area (Å²) in [5.74, 6) is 0.344.